The summed E-state index contributed by atoms with van der Waals surface area (Å²) in [7, 11) is 0. The minimum Gasteiger partial charge on any atom is -0.452 e. The fourth-order valence-electron chi connectivity index (χ4n) is 2.01. The van der Waals surface area contributed by atoms with Gasteiger partial charge in [-0.3, -0.25) is 4.98 Å². The van der Waals surface area contributed by atoms with Crippen molar-refractivity contribution in [2.24, 2.45) is 0 Å². The summed E-state index contributed by atoms with van der Waals surface area (Å²) in [6.45, 7) is 2.44. The van der Waals surface area contributed by atoms with Crippen LogP contribution in [0.4, 0.5) is 4.39 Å². The van der Waals surface area contributed by atoms with Gasteiger partial charge in [-0.15, -0.1) is 0 Å². The topological polar surface area (TPSA) is 34.1 Å². The molecule has 3 nitrogen and oxygen atoms in total. The molecule has 1 N–H and O–H groups in total. The number of hydrogen-bond donors (Lipinski definition) is 1. The van der Waals surface area contributed by atoms with Gasteiger partial charge in [0.05, 0.1) is 6.20 Å². The van der Waals surface area contributed by atoms with Gasteiger partial charge in [-0.05, 0) is 37.5 Å². The van der Waals surface area contributed by atoms with Gasteiger partial charge in [0.2, 0.25) is 0 Å². The summed E-state index contributed by atoms with van der Waals surface area (Å²) in [4.78, 5) is 4.06. The average Bonchev–Trinajstić information content (AvgIpc) is 3.27. The molecule has 0 saturated heterocycles. The molecule has 1 aromatic heterocycles. The Kier molecular flexibility index (Phi) is 3.65. The summed E-state index contributed by atoms with van der Waals surface area (Å²) in [5.74, 6) is 0.522. The van der Waals surface area contributed by atoms with Crippen LogP contribution in [0.3, 0.4) is 0 Å². The molecule has 1 fully saturated rings. The largest absolute Gasteiger partial charge is 0.452 e. The van der Waals surface area contributed by atoms with Crippen LogP contribution in [0.5, 0.6) is 11.5 Å². The van der Waals surface area contributed by atoms with Crippen molar-refractivity contribution in [3.8, 4) is 11.5 Å². The van der Waals surface area contributed by atoms with Gasteiger partial charge in [-0.2, -0.15) is 0 Å². The van der Waals surface area contributed by atoms with E-state index in [0.29, 0.717) is 17.4 Å². The highest BCUT2D eigenvalue weighted by atomic mass is 19.1. The van der Waals surface area contributed by atoms with Crippen LogP contribution in [0.1, 0.15) is 24.0 Å². The number of halogens is 1. The van der Waals surface area contributed by atoms with E-state index in [1.807, 2.05) is 6.07 Å². The number of rotatable bonds is 5. The molecule has 0 atom stereocenters. The van der Waals surface area contributed by atoms with E-state index in [0.717, 1.165) is 12.1 Å². The number of pyridine rings is 1. The van der Waals surface area contributed by atoms with E-state index in [4.69, 9.17) is 4.74 Å². The van der Waals surface area contributed by atoms with E-state index >= 15 is 0 Å². The fraction of sp³-hybridized carbons (Fsp3) is 0.312. The summed E-state index contributed by atoms with van der Waals surface area (Å²) < 4.78 is 19.7. The van der Waals surface area contributed by atoms with E-state index in [1.54, 1.807) is 37.5 Å². The molecule has 3 rings (SSSR count). The smallest absolute Gasteiger partial charge is 0.168 e. The number of hydrogen-bond acceptors (Lipinski definition) is 3. The lowest BCUT2D eigenvalue weighted by Gasteiger charge is -2.12. The predicted octanol–water partition coefficient (Wildman–Crippen LogP) is 3.57. The third kappa shape index (κ3) is 2.96. The molecular weight excluding hydrogens is 255 g/mol. The Bertz CT molecular complexity index is 611. The second-order valence-electron chi connectivity index (χ2n) is 5.13. The fourth-order valence-corrected chi connectivity index (χ4v) is 2.01. The minimum absolute atomic E-state index is 0.241. The summed E-state index contributed by atoms with van der Waals surface area (Å²) in [5.41, 5.74) is 1.57. The first-order valence-electron chi connectivity index (χ1n) is 6.83. The maximum absolute atomic E-state index is 14.0. The summed E-state index contributed by atoms with van der Waals surface area (Å²) in [5, 5.41) is 3.42. The molecule has 1 aliphatic rings. The maximum Gasteiger partial charge on any atom is 0.168 e. The maximum atomic E-state index is 14.0. The van der Waals surface area contributed by atoms with E-state index in [1.165, 1.54) is 12.8 Å². The van der Waals surface area contributed by atoms with Gasteiger partial charge in [0.25, 0.3) is 0 Å². The van der Waals surface area contributed by atoms with Crippen LogP contribution in [0.2, 0.25) is 0 Å². The number of nitrogens with one attached hydrogen (secondary N) is 1. The lowest BCUT2D eigenvalue weighted by Crippen LogP contribution is -2.15. The molecule has 1 heterocycles. The molecule has 1 aromatic carbocycles. The van der Waals surface area contributed by atoms with Crippen LogP contribution in [-0.4, -0.2) is 11.0 Å². The second kappa shape index (κ2) is 5.59. The number of benzene rings is 1. The molecule has 4 heteroatoms. The number of ether oxygens (including phenoxy) is 1. The molecule has 0 amide bonds. The molecule has 0 aliphatic heterocycles. The van der Waals surface area contributed by atoms with Crippen molar-refractivity contribution in [2.45, 2.75) is 32.4 Å². The molecule has 0 unspecified atom stereocenters. The van der Waals surface area contributed by atoms with Crippen LogP contribution in [0, 0.1) is 12.7 Å². The van der Waals surface area contributed by atoms with Gasteiger partial charge in [0.1, 0.15) is 5.75 Å². The lowest BCUT2D eigenvalue weighted by molar-refractivity contribution is 0.432. The third-order valence-corrected chi connectivity index (χ3v) is 3.40. The Morgan fingerprint density at radius 3 is 2.95 bits per heavy atom. The molecular formula is C16H17FN2O. The molecule has 1 saturated carbocycles. The van der Waals surface area contributed by atoms with Crippen molar-refractivity contribution in [3.63, 3.8) is 0 Å². The van der Waals surface area contributed by atoms with Crippen LogP contribution in [0.15, 0.2) is 36.7 Å². The van der Waals surface area contributed by atoms with E-state index in [-0.39, 0.29) is 11.6 Å². The van der Waals surface area contributed by atoms with Gasteiger partial charge in [0.15, 0.2) is 11.6 Å². The van der Waals surface area contributed by atoms with Gasteiger partial charge in [-0.1, -0.05) is 12.1 Å². The van der Waals surface area contributed by atoms with Crippen molar-refractivity contribution in [1.29, 1.82) is 0 Å². The van der Waals surface area contributed by atoms with E-state index in [9.17, 15) is 4.39 Å². The predicted molar refractivity (Wildman–Crippen MR) is 75.3 cm³/mol. The van der Waals surface area contributed by atoms with Crippen molar-refractivity contribution in [1.82, 2.24) is 10.3 Å². The zero-order valence-electron chi connectivity index (χ0n) is 11.4. The molecule has 2 aromatic rings. The molecule has 0 spiro atoms. The Hall–Kier alpha value is -1.94. The summed E-state index contributed by atoms with van der Waals surface area (Å²) >= 11 is 0. The average molecular weight is 272 g/mol. The zero-order valence-corrected chi connectivity index (χ0v) is 11.4. The first-order valence-corrected chi connectivity index (χ1v) is 6.83. The first-order chi connectivity index (χ1) is 9.74. The highest BCUT2D eigenvalue weighted by molar-refractivity contribution is 5.38. The number of aryl methyl sites for hydroxylation is 1. The van der Waals surface area contributed by atoms with Crippen molar-refractivity contribution in [2.75, 3.05) is 0 Å². The first kappa shape index (κ1) is 13.1. The quantitative estimate of drug-likeness (QED) is 0.903. The van der Waals surface area contributed by atoms with Crippen LogP contribution in [-0.2, 0) is 6.54 Å². The Morgan fingerprint density at radius 1 is 1.30 bits per heavy atom. The van der Waals surface area contributed by atoms with Gasteiger partial charge >= 0.3 is 0 Å². The Balaban J connectivity index is 1.80. The lowest BCUT2D eigenvalue weighted by atomic mass is 10.2. The van der Waals surface area contributed by atoms with Crippen LogP contribution < -0.4 is 10.1 Å². The summed E-state index contributed by atoms with van der Waals surface area (Å²) in [6, 6.07) is 7.66. The van der Waals surface area contributed by atoms with Crippen LogP contribution in [0.25, 0.3) is 0 Å². The second-order valence-corrected chi connectivity index (χ2v) is 5.13. The normalized spacial score (nSPS) is 14.3. The van der Waals surface area contributed by atoms with Gasteiger partial charge < -0.3 is 10.1 Å². The Morgan fingerprint density at radius 2 is 2.15 bits per heavy atom. The number of aromatic nitrogens is 1. The van der Waals surface area contributed by atoms with Crippen molar-refractivity contribution >= 4 is 0 Å². The monoisotopic (exact) mass is 272 g/mol. The highest BCUT2D eigenvalue weighted by Gasteiger charge is 2.20. The third-order valence-electron chi connectivity index (χ3n) is 3.40. The number of nitrogens with zero attached hydrogens (tertiary/aromatic N) is 1. The van der Waals surface area contributed by atoms with Crippen molar-refractivity contribution < 1.29 is 9.13 Å². The van der Waals surface area contributed by atoms with E-state index < -0.39 is 0 Å². The van der Waals surface area contributed by atoms with Gasteiger partial charge in [-0.25, -0.2) is 4.39 Å². The van der Waals surface area contributed by atoms with Gasteiger partial charge in [0, 0.05) is 24.3 Å². The highest BCUT2D eigenvalue weighted by Crippen LogP contribution is 2.28. The zero-order chi connectivity index (χ0) is 13.9. The standard InChI is InChI=1S/C16H17FN2O/c1-11-3-2-4-14(16(11)17)20-15-10-18-8-7-12(15)9-19-13-5-6-13/h2-4,7-8,10,13,19H,5-6,9H2,1H3. The Labute approximate surface area is 117 Å². The summed E-state index contributed by atoms with van der Waals surface area (Å²) in [6.07, 6.45) is 5.82. The molecule has 104 valence electrons. The van der Waals surface area contributed by atoms with Crippen LogP contribution >= 0.6 is 0 Å². The molecule has 0 radical (unpaired) electrons. The van der Waals surface area contributed by atoms with E-state index in [2.05, 4.69) is 10.3 Å². The SMILES string of the molecule is Cc1cccc(Oc2cnccc2CNC2CC2)c1F. The van der Waals surface area contributed by atoms with Crippen molar-refractivity contribution in [3.05, 3.63) is 53.6 Å². The molecule has 1 aliphatic carbocycles. The molecule has 0 bridgehead atoms. The minimum atomic E-state index is -0.322. The molecule has 20 heavy (non-hydrogen) atoms.